The number of nitrogen functional groups attached to an aromatic ring is 1. The molecule has 3 rings (SSSR count). The average molecular weight is 213 g/mol. The Balaban J connectivity index is 2.21. The van der Waals surface area contributed by atoms with Crippen molar-refractivity contribution in [3.63, 3.8) is 0 Å². The topological polar surface area (TPSA) is 61.0 Å². The second-order valence-corrected chi connectivity index (χ2v) is 3.68. The van der Waals surface area contributed by atoms with Gasteiger partial charge in [-0.25, -0.2) is 4.98 Å². The van der Waals surface area contributed by atoms with Crippen LogP contribution in [0.15, 0.2) is 30.3 Å². The van der Waals surface area contributed by atoms with Crippen LogP contribution in [0.3, 0.4) is 0 Å². The quantitative estimate of drug-likeness (QED) is 0.782. The lowest BCUT2D eigenvalue weighted by Gasteiger charge is -2.06. The minimum atomic E-state index is 0.263. The summed E-state index contributed by atoms with van der Waals surface area (Å²) in [6, 6.07) is 9.97. The molecule has 2 aromatic rings. The van der Waals surface area contributed by atoms with E-state index in [1.807, 2.05) is 30.3 Å². The Bertz CT molecular complexity index is 525. The van der Waals surface area contributed by atoms with Crippen molar-refractivity contribution < 1.29 is 4.74 Å². The molecule has 0 saturated carbocycles. The van der Waals surface area contributed by atoms with Gasteiger partial charge >= 0.3 is 0 Å². The zero-order chi connectivity index (χ0) is 11.0. The smallest absolute Gasteiger partial charge is 0.223 e. The van der Waals surface area contributed by atoms with Gasteiger partial charge in [-0.1, -0.05) is 30.3 Å². The maximum Gasteiger partial charge on any atom is 0.223 e. The van der Waals surface area contributed by atoms with Crippen LogP contribution in [0.4, 0.5) is 5.95 Å². The van der Waals surface area contributed by atoms with Crippen LogP contribution in [0.1, 0.15) is 5.56 Å². The molecule has 4 heteroatoms. The van der Waals surface area contributed by atoms with E-state index in [1.165, 1.54) is 0 Å². The maximum atomic E-state index is 5.67. The summed E-state index contributed by atoms with van der Waals surface area (Å²) >= 11 is 0. The Morgan fingerprint density at radius 2 is 1.94 bits per heavy atom. The van der Waals surface area contributed by atoms with Gasteiger partial charge in [-0.05, 0) is 0 Å². The Labute approximate surface area is 93.1 Å². The normalized spacial score (nSPS) is 13.2. The van der Waals surface area contributed by atoms with E-state index < -0.39 is 0 Å². The van der Waals surface area contributed by atoms with Gasteiger partial charge in [-0.3, -0.25) is 0 Å². The third-order valence-electron chi connectivity index (χ3n) is 2.62. The molecule has 0 amide bonds. The highest BCUT2D eigenvalue weighted by atomic mass is 16.5. The lowest BCUT2D eigenvalue weighted by Crippen LogP contribution is -1.99. The zero-order valence-electron chi connectivity index (χ0n) is 8.68. The van der Waals surface area contributed by atoms with Gasteiger partial charge in [0.15, 0.2) is 0 Å². The summed E-state index contributed by atoms with van der Waals surface area (Å²) in [5.41, 5.74) is 8.67. The molecule has 0 radical (unpaired) electrons. The molecule has 1 aliphatic rings. The Morgan fingerprint density at radius 3 is 2.75 bits per heavy atom. The van der Waals surface area contributed by atoms with Crippen molar-refractivity contribution in [2.45, 2.75) is 6.42 Å². The molecule has 2 heterocycles. The van der Waals surface area contributed by atoms with Gasteiger partial charge in [0.05, 0.1) is 12.3 Å². The first-order valence-electron chi connectivity index (χ1n) is 5.19. The third-order valence-corrected chi connectivity index (χ3v) is 2.62. The van der Waals surface area contributed by atoms with Crippen LogP contribution in [0.5, 0.6) is 5.88 Å². The highest BCUT2D eigenvalue weighted by molar-refractivity contribution is 5.66. The minimum Gasteiger partial charge on any atom is -0.477 e. The van der Waals surface area contributed by atoms with E-state index in [4.69, 9.17) is 10.5 Å². The lowest BCUT2D eigenvalue weighted by atomic mass is 10.1. The van der Waals surface area contributed by atoms with Crippen LogP contribution < -0.4 is 10.5 Å². The largest absolute Gasteiger partial charge is 0.477 e. The molecule has 0 aliphatic carbocycles. The Morgan fingerprint density at radius 1 is 1.12 bits per heavy atom. The molecular formula is C12H11N3O. The molecule has 1 aromatic carbocycles. The first-order chi connectivity index (χ1) is 7.84. The Hall–Kier alpha value is -2.10. The molecule has 0 bridgehead atoms. The molecule has 2 N–H and O–H groups in total. The third kappa shape index (κ3) is 1.39. The van der Waals surface area contributed by atoms with Crippen LogP contribution in [-0.4, -0.2) is 16.6 Å². The van der Waals surface area contributed by atoms with Crippen molar-refractivity contribution >= 4 is 5.95 Å². The van der Waals surface area contributed by atoms with Gasteiger partial charge in [-0.15, -0.1) is 0 Å². The second kappa shape index (κ2) is 3.48. The standard InChI is InChI=1S/C12H11N3O/c13-12-14-10(8-4-2-1-3-5-8)9-6-7-16-11(9)15-12/h1-5H,6-7H2,(H2,13,14,15). The number of anilines is 1. The summed E-state index contributed by atoms with van der Waals surface area (Å²) in [4.78, 5) is 8.39. The van der Waals surface area contributed by atoms with Gasteiger partial charge in [0.25, 0.3) is 0 Å². The summed E-state index contributed by atoms with van der Waals surface area (Å²) in [6.45, 7) is 0.660. The number of ether oxygens (including phenoxy) is 1. The summed E-state index contributed by atoms with van der Waals surface area (Å²) in [7, 11) is 0. The average Bonchev–Trinajstić information content (AvgIpc) is 2.77. The fraction of sp³-hybridized carbons (Fsp3) is 0.167. The number of nitrogens with zero attached hydrogens (tertiary/aromatic N) is 2. The van der Waals surface area contributed by atoms with Crippen molar-refractivity contribution in [3.8, 4) is 17.1 Å². The molecule has 1 aliphatic heterocycles. The van der Waals surface area contributed by atoms with E-state index in [0.29, 0.717) is 12.5 Å². The molecular weight excluding hydrogens is 202 g/mol. The van der Waals surface area contributed by atoms with E-state index >= 15 is 0 Å². The van der Waals surface area contributed by atoms with Crippen LogP contribution in [0.25, 0.3) is 11.3 Å². The molecule has 4 nitrogen and oxygen atoms in total. The summed E-state index contributed by atoms with van der Waals surface area (Å²) in [5, 5.41) is 0. The highest BCUT2D eigenvalue weighted by Crippen LogP contribution is 2.32. The molecule has 1 aromatic heterocycles. The van der Waals surface area contributed by atoms with Gasteiger partial charge in [-0.2, -0.15) is 4.98 Å². The van der Waals surface area contributed by atoms with Gasteiger partial charge < -0.3 is 10.5 Å². The van der Waals surface area contributed by atoms with E-state index in [1.54, 1.807) is 0 Å². The van der Waals surface area contributed by atoms with Gasteiger partial charge in [0, 0.05) is 17.5 Å². The molecule has 80 valence electrons. The van der Waals surface area contributed by atoms with Crippen molar-refractivity contribution in [2.75, 3.05) is 12.3 Å². The second-order valence-electron chi connectivity index (χ2n) is 3.68. The number of nitrogens with two attached hydrogens (primary N) is 1. The molecule has 0 unspecified atom stereocenters. The van der Waals surface area contributed by atoms with Gasteiger partial charge in [0.1, 0.15) is 0 Å². The first-order valence-corrected chi connectivity index (χ1v) is 5.19. The van der Waals surface area contributed by atoms with Crippen molar-refractivity contribution in [2.24, 2.45) is 0 Å². The molecule has 0 atom stereocenters. The van der Waals surface area contributed by atoms with E-state index in [2.05, 4.69) is 9.97 Å². The predicted octanol–water partition coefficient (Wildman–Crippen LogP) is 1.66. The SMILES string of the molecule is Nc1nc2c(c(-c3ccccc3)n1)CCO2. The summed E-state index contributed by atoms with van der Waals surface area (Å²) in [5.74, 6) is 0.894. The van der Waals surface area contributed by atoms with Crippen LogP contribution in [0.2, 0.25) is 0 Å². The van der Waals surface area contributed by atoms with E-state index in [9.17, 15) is 0 Å². The molecule has 0 fully saturated rings. The number of rotatable bonds is 1. The fourth-order valence-corrected chi connectivity index (χ4v) is 1.91. The monoisotopic (exact) mass is 213 g/mol. The van der Waals surface area contributed by atoms with Crippen LogP contribution >= 0.6 is 0 Å². The Kier molecular flexibility index (Phi) is 1.99. The number of hydrogen-bond donors (Lipinski definition) is 1. The van der Waals surface area contributed by atoms with E-state index in [0.717, 1.165) is 23.2 Å². The maximum absolute atomic E-state index is 5.67. The number of benzene rings is 1. The molecule has 0 saturated heterocycles. The summed E-state index contributed by atoms with van der Waals surface area (Å²) in [6.07, 6.45) is 0.847. The lowest BCUT2D eigenvalue weighted by molar-refractivity contribution is 0.345. The number of fused-ring (bicyclic) bond motifs is 1. The molecule has 16 heavy (non-hydrogen) atoms. The van der Waals surface area contributed by atoms with Gasteiger partial charge in [0.2, 0.25) is 11.8 Å². The van der Waals surface area contributed by atoms with Crippen molar-refractivity contribution in [3.05, 3.63) is 35.9 Å². The zero-order valence-corrected chi connectivity index (χ0v) is 8.68. The van der Waals surface area contributed by atoms with Crippen LogP contribution in [-0.2, 0) is 6.42 Å². The molecule has 0 spiro atoms. The van der Waals surface area contributed by atoms with E-state index in [-0.39, 0.29) is 5.95 Å². The van der Waals surface area contributed by atoms with Crippen LogP contribution in [0, 0.1) is 0 Å². The van der Waals surface area contributed by atoms with Crippen molar-refractivity contribution in [1.82, 2.24) is 9.97 Å². The first kappa shape index (κ1) is 9.15. The van der Waals surface area contributed by atoms with Crippen molar-refractivity contribution in [1.29, 1.82) is 0 Å². The fourth-order valence-electron chi connectivity index (χ4n) is 1.91. The highest BCUT2D eigenvalue weighted by Gasteiger charge is 2.20. The minimum absolute atomic E-state index is 0.263. The predicted molar refractivity (Wildman–Crippen MR) is 61.1 cm³/mol. The summed E-state index contributed by atoms with van der Waals surface area (Å²) < 4.78 is 5.41. The number of aromatic nitrogens is 2. The number of hydrogen-bond acceptors (Lipinski definition) is 4.